The van der Waals surface area contributed by atoms with Gasteiger partial charge in [0.2, 0.25) is 5.96 Å². The average molecular weight is 337 g/mol. The van der Waals surface area contributed by atoms with Crippen molar-refractivity contribution in [1.29, 1.82) is 0 Å². The van der Waals surface area contributed by atoms with Crippen LogP contribution in [0.4, 0.5) is 5.69 Å². The van der Waals surface area contributed by atoms with Gasteiger partial charge in [-0.15, -0.1) is 0 Å². The molecule has 0 unspecified atom stereocenters. The molecule has 0 aliphatic carbocycles. The molecule has 0 radical (unpaired) electrons. The number of hydrogen-bond acceptors (Lipinski definition) is 3. The summed E-state index contributed by atoms with van der Waals surface area (Å²) in [7, 11) is 0. The first-order valence-electron chi connectivity index (χ1n) is 8.57. The van der Waals surface area contributed by atoms with Crippen LogP contribution in [0.3, 0.4) is 0 Å². The fourth-order valence-corrected chi connectivity index (χ4v) is 2.72. The summed E-state index contributed by atoms with van der Waals surface area (Å²) in [6, 6.07) is 17.2. The van der Waals surface area contributed by atoms with Crippen LogP contribution >= 0.6 is 0 Å². The highest BCUT2D eigenvalue weighted by Gasteiger charge is 2.16. The molecule has 0 bridgehead atoms. The number of aliphatic imine (C=N–C) groups is 1. The molecule has 25 heavy (non-hydrogen) atoms. The molecule has 1 amide bonds. The number of hydrogen-bond donors (Lipinski definition) is 2. The first-order chi connectivity index (χ1) is 12.2. The number of aryl methyl sites for hydroxylation is 1. The molecule has 1 aliphatic rings. The molecule has 0 saturated carbocycles. The van der Waals surface area contributed by atoms with E-state index in [2.05, 4.69) is 15.6 Å². The molecular weight excluding hydrogens is 314 g/mol. The van der Waals surface area contributed by atoms with Gasteiger partial charge in [-0.2, -0.15) is 0 Å². The Morgan fingerprint density at radius 1 is 1.20 bits per heavy atom. The van der Waals surface area contributed by atoms with Crippen molar-refractivity contribution in [3.8, 4) is 0 Å². The topological polar surface area (TPSA) is 62.7 Å². The smallest absolute Gasteiger partial charge is 0.257 e. The van der Waals surface area contributed by atoms with Crippen molar-refractivity contribution in [3.63, 3.8) is 0 Å². The largest absolute Gasteiger partial charge is 0.376 e. The van der Waals surface area contributed by atoms with Crippen molar-refractivity contribution in [2.75, 3.05) is 18.5 Å². The quantitative estimate of drug-likeness (QED) is 0.664. The number of nitrogens with zero attached hydrogens (tertiary/aromatic N) is 1. The van der Waals surface area contributed by atoms with Gasteiger partial charge in [0.15, 0.2) is 0 Å². The van der Waals surface area contributed by atoms with Gasteiger partial charge in [-0.05, 0) is 44.0 Å². The molecule has 1 heterocycles. The Balaban J connectivity index is 1.72. The number of nitrogens with one attached hydrogen (secondary N) is 2. The highest BCUT2D eigenvalue weighted by atomic mass is 16.5. The number of para-hydroxylation sites is 1. The van der Waals surface area contributed by atoms with E-state index >= 15 is 0 Å². The zero-order valence-electron chi connectivity index (χ0n) is 14.4. The minimum Gasteiger partial charge on any atom is -0.376 e. The van der Waals surface area contributed by atoms with E-state index in [4.69, 9.17) is 4.74 Å². The zero-order chi connectivity index (χ0) is 17.5. The first-order valence-corrected chi connectivity index (χ1v) is 8.57. The summed E-state index contributed by atoms with van der Waals surface area (Å²) in [6.07, 6.45) is 2.20. The molecule has 130 valence electrons. The van der Waals surface area contributed by atoms with Crippen molar-refractivity contribution >= 4 is 17.6 Å². The van der Waals surface area contributed by atoms with Crippen LogP contribution in [-0.4, -0.2) is 31.1 Å². The van der Waals surface area contributed by atoms with Crippen LogP contribution in [0.25, 0.3) is 0 Å². The minimum atomic E-state index is -0.182. The van der Waals surface area contributed by atoms with Crippen molar-refractivity contribution in [3.05, 3.63) is 65.7 Å². The zero-order valence-corrected chi connectivity index (χ0v) is 14.4. The second kappa shape index (κ2) is 8.44. The van der Waals surface area contributed by atoms with Gasteiger partial charge in [-0.1, -0.05) is 35.9 Å². The van der Waals surface area contributed by atoms with Gasteiger partial charge in [0.25, 0.3) is 5.91 Å². The van der Waals surface area contributed by atoms with Crippen molar-refractivity contribution < 1.29 is 9.53 Å². The lowest BCUT2D eigenvalue weighted by molar-refractivity contribution is 0.0975. The lowest BCUT2D eigenvalue weighted by atomic mass is 10.1. The summed E-state index contributed by atoms with van der Waals surface area (Å²) in [5, 5.41) is 6.06. The van der Waals surface area contributed by atoms with E-state index in [1.54, 1.807) is 6.07 Å². The number of carbonyl (C=O) groups excluding carboxylic acids is 1. The molecule has 1 saturated heterocycles. The lowest BCUT2D eigenvalue weighted by Crippen LogP contribution is -2.36. The highest BCUT2D eigenvalue weighted by Crippen LogP contribution is 2.12. The molecule has 2 aromatic carbocycles. The molecule has 5 nitrogen and oxygen atoms in total. The monoisotopic (exact) mass is 337 g/mol. The second-order valence-corrected chi connectivity index (χ2v) is 6.14. The molecule has 1 aliphatic heterocycles. The van der Waals surface area contributed by atoms with Gasteiger partial charge in [0.1, 0.15) is 0 Å². The van der Waals surface area contributed by atoms with E-state index in [0.717, 1.165) is 30.7 Å². The van der Waals surface area contributed by atoms with Gasteiger partial charge < -0.3 is 10.1 Å². The Kier molecular flexibility index (Phi) is 5.80. The Labute approximate surface area is 148 Å². The van der Waals surface area contributed by atoms with Crippen LogP contribution < -0.4 is 10.6 Å². The van der Waals surface area contributed by atoms with Crippen LogP contribution in [0.15, 0.2) is 59.6 Å². The molecule has 0 aromatic heterocycles. The number of benzene rings is 2. The third-order valence-electron chi connectivity index (χ3n) is 4.03. The van der Waals surface area contributed by atoms with Crippen molar-refractivity contribution in [2.24, 2.45) is 4.99 Å². The van der Waals surface area contributed by atoms with Crippen LogP contribution in [0.1, 0.15) is 28.8 Å². The summed E-state index contributed by atoms with van der Waals surface area (Å²) in [5.74, 6) is 0.256. The van der Waals surface area contributed by atoms with Gasteiger partial charge in [0.05, 0.1) is 12.6 Å². The number of ether oxygens (including phenoxy) is 1. The van der Waals surface area contributed by atoms with E-state index in [-0.39, 0.29) is 12.0 Å². The summed E-state index contributed by atoms with van der Waals surface area (Å²) < 4.78 is 5.61. The fraction of sp³-hybridized carbons (Fsp3) is 0.300. The van der Waals surface area contributed by atoms with Gasteiger partial charge in [0, 0.05) is 17.9 Å². The Bertz CT molecular complexity index is 738. The maximum atomic E-state index is 12.5. The number of carbonyl (C=O) groups is 1. The third kappa shape index (κ3) is 5.16. The number of rotatable bonds is 4. The van der Waals surface area contributed by atoms with Crippen LogP contribution in [0.2, 0.25) is 0 Å². The summed E-state index contributed by atoms with van der Waals surface area (Å²) >= 11 is 0. The molecule has 5 heteroatoms. The summed E-state index contributed by atoms with van der Waals surface area (Å²) in [5.41, 5.74) is 2.53. The first kappa shape index (κ1) is 17.2. The molecule has 1 fully saturated rings. The van der Waals surface area contributed by atoms with E-state index in [0.29, 0.717) is 18.1 Å². The maximum absolute atomic E-state index is 12.5. The number of anilines is 1. The summed E-state index contributed by atoms with van der Waals surface area (Å²) in [6.45, 7) is 3.28. The Morgan fingerprint density at radius 2 is 2.04 bits per heavy atom. The Morgan fingerprint density at radius 3 is 2.76 bits per heavy atom. The van der Waals surface area contributed by atoms with Gasteiger partial charge in [-0.3, -0.25) is 10.1 Å². The number of guanidine groups is 1. The van der Waals surface area contributed by atoms with Gasteiger partial charge >= 0.3 is 0 Å². The fourth-order valence-electron chi connectivity index (χ4n) is 2.72. The van der Waals surface area contributed by atoms with Gasteiger partial charge in [-0.25, -0.2) is 4.99 Å². The predicted octanol–water partition coefficient (Wildman–Crippen LogP) is 3.37. The SMILES string of the molecule is Cc1cccc(C(=O)NC(=NC[C@H]2CCCO2)Nc2ccccc2)c1. The molecule has 2 N–H and O–H groups in total. The normalized spacial score (nSPS) is 17.3. The second-order valence-electron chi connectivity index (χ2n) is 6.14. The van der Waals surface area contributed by atoms with Crippen molar-refractivity contribution in [1.82, 2.24) is 5.32 Å². The average Bonchev–Trinajstić information content (AvgIpc) is 3.14. The lowest BCUT2D eigenvalue weighted by Gasteiger charge is -2.13. The highest BCUT2D eigenvalue weighted by molar-refractivity contribution is 6.10. The van der Waals surface area contributed by atoms with Crippen LogP contribution in [0.5, 0.6) is 0 Å². The van der Waals surface area contributed by atoms with E-state index in [1.165, 1.54) is 0 Å². The van der Waals surface area contributed by atoms with Crippen LogP contribution in [0, 0.1) is 6.92 Å². The third-order valence-corrected chi connectivity index (χ3v) is 4.03. The summed E-state index contributed by atoms with van der Waals surface area (Å²) in [4.78, 5) is 17.1. The maximum Gasteiger partial charge on any atom is 0.257 e. The van der Waals surface area contributed by atoms with Crippen molar-refractivity contribution in [2.45, 2.75) is 25.9 Å². The minimum absolute atomic E-state index is 0.128. The van der Waals surface area contributed by atoms with E-state index < -0.39 is 0 Å². The molecular formula is C20H23N3O2. The Hall–Kier alpha value is -2.66. The standard InChI is InChI=1S/C20H23N3O2/c1-15-7-5-8-16(13-15)19(24)23-20(21-14-18-11-6-12-25-18)22-17-9-3-2-4-10-17/h2-5,7-10,13,18H,6,11-12,14H2,1H3,(H2,21,22,23,24)/t18-/m1/s1. The molecule has 2 aromatic rings. The molecule has 3 rings (SSSR count). The molecule has 0 spiro atoms. The van der Waals surface area contributed by atoms with E-state index in [1.807, 2.05) is 55.5 Å². The van der Waals surface area contributed by atoms with E-state index in [9.17, 15) is 4.79 Å². The predicted molar refractivity (Wildman–Crippen MR) is 100.0 cm³/mol. The number of amides is 1. The molecule has 1 atom stereocenters. The van der Waals surface area contributed by atoms with Crippen LogP contribution in [-0.2, 0) is 4.74 Å².